The van der Waals surface area contributed by atoms with Crippen LogP contribution in [0.5, 0.6) is 0 Å². The maximum Gasteiger partial charge on any atom is 0.260 e. The van der Waals surface area contributed by atoms with Crippen LogP contribution in [0, 0.1) is 5.82 Å². The van der Waals surface area contributed by atoms with Gasteiger partial charge in [0, 0.05) is 12.5 Å². The quantitative estimate of drug-likeness (QED) is 0.779. The van der Waals surface area contributed by atoms with Crippen LogP contribution in [-0.4, -0.2) is 31.1 Å². The van der Waals surface area contributed by atoms with E-state index in [1.54, 1.807) is 6.92 Å². The molecule has 1 aromatic carbocycles. The third kappa shape index (κ3) is 4.08. The largest absolute Gasteiger partial charge is 0.296 e. The van der Waals surface area contributed by atoms with Crippen LogP contribution >= 0.6 is 11.3 Å². The van der Waals surface area contributed by atoms with E-state index in [1.807, 2.05) is 0 Å². The Balaban J connectivity index is 1.79. The topological polar surface area (TPSA) is 101 Å². The molecule has 26 heavy (non-hydrogen) atoms. The number of rotatable bonds is 6. The first kappa shape index (κ1) is 18.9. The van der Waals surface area contributed by atoms with Gasteiger partial charge in [-0.05, 0) is 31.0 Å². The number of carbonyl (C=O) groups excluding carboxylic acids is 1. The summed E-state index contributed by atoms with van der Waals surface area (Å²) in [4.78, 5) is 12.2. The van der Waals surface area contributed by atoms with Gasteiger partial charge in [0.1, 0.15) is 10.8 Å². The van der Waals surface area contributed by atoms with Crippen LogP contribution in [0.3, 0.4) is 0 Å². The molecule has 0 bridgehead atoms. The van der Waals surface area contributed by atoms with E-state index in [-0.39, 0.29) is 22.1 Å². The summed E-state index contributed by atoms with van der Waals surface area (Å²) >= 11 is 1.27. The zero-order valence-corrected chi connectivity index (χ0v) is 15.8. The van der Waals surface area contributed by atoms with Gasteiger partial charge in [0.15, 0.2) is 0 Å². The summed E-state index contributed by atoms with van der Waals surface area (Å²) in [6, 6.07) is 3.10. The first-order valence-corrected chi connectivity index (χ1v) is 10.6. The summed E-state index contributed by atoms with van der Waals surface area (Å²) in [7, 11) is -3.78. The molecule has 0 saturated heterocycles. The summed E-state index contributed by atoms with van der Waals surface area (Å²) in [5.41, 5.74) is -0.360. The highest BCUT2D eigenvalue weighted by molar-refractivity contribution is 7.89. The second-order valence-electron chi connectivity index (χ2n) is 6.02. The Morgan fingerprint density at radius 2 is 2.04 bits per heavy atom. The monoisotopic (exact) mass is 398 g/mol. The van der Waals surface area contributed by atoms with Crippen LogP contribution in [-0.2, 0) is 10.0 Å². The van der Waals surface area contributed by atoms with E-state index in [2.05, 4.69) is 20.2 Å². The molecule has 0 aliphatic heterocycles. The smallest absolute Gasteiger partial charge is 0.260 e. The lowest BCUT2D eigenvalue weighted by molar-refractivity contribution is 0.102. The van der Waals surface area contributed by atoms with E-state index in [0.29, 0.717) is 5.92 Å². The number of amides is 1. The van der Waals surface area contributed by atoms with Gasteiger partial charge in [-0.25, -0.2) is 17.5 Å². The molecule has 1 fully saturated rings. The fourth-order valence-corrected chi connectivity index (χ4v) is 4.88. The normalized spacial score (nSPS) is 15.3. The first-order valence-electron chi connectivity index (χ1n) is 8.34. The molecule has 2 aromatic rings. The lowest BCUT2D eigenvalue weighted by Gasteiger charge is -2.08. The number of hydrogen-bond donors (Lipinski definition) is 2. The van der Waals surface area contributed by atoms with Crippen LogP contribution in [0.15, 0.2) is 23.1 Å². The van der Waals surface area contributed by atoms with E-state index in [9.17, 15) is 17.6 Å². The van der Waals surface area contributed by atoms with Crippen LogP contribution in [0.4, 0.5) is 9.52 Å². The van der Waals surface area contributed by atoms with Gasteiger partial charge in [0.05, 0.1) is 10.5 Å². The van der Waals surface area contributed by atoms with E-state index >= 15 is 0 Å². The van der Waals surface area contributed by atoms with Gasteiger partial charge in [-0.15, -0.1) is 10.2 Å². The van der Waals surface area contributed by atoms with Crippen molar-refractivity contribution < 1.29 is 17.6 Å². The van der Waals surface area contributed by atoms with Gasteiger partial charge >= 0.3 is 0 Å². The summed E-state index contributed by atoms with van der Waals surface area (Å²) < 4.78 is 40.4. The number of carbonyl (C=O) groups is 1. The van der Waals surface area contributed by atoms with Crippen molar-refractivity contribution in [3.8, 4) is 0 Å². The minimum atomic E-state index is -3.78. The highest BCUT2D eigenvalue weighted by Crippen LogP contribution is 2.36. The summed E-state index contributed by atoms with van der Waals surface area (Å²) in [5, 5.41) is 11.7. The number of benzene rings is 1. The van der Waals surface area contributed by atoms with Gasteiger partial charge in [0.25, 0.3) is 5.91 Å². The van der Waals surface area contributed by atoms with Gasteiger partial charge in [0.2, 0.25) is 15.2 Å². The Bertz CT molecular complexity index is 908. The molecule has 1 saturated carbocycles. The minimum Gasteiger partial charge on any atom is -0.296 e. The van der Waals surface area contributed by atoms with Crippen LogP contribution in [0.2, 0.25) is 0 Å². The molecular weight excluding hydrogens is 379 g/mol. The minimum absolute atomic E-state index is 0.171. The van der Waals surface area contributed by atoms with Gasteiger partial charge < -0.3 is 0 Å². The van der Waals surface area contributed by atoms with Crippen LogP contribution < -0.4 is 10.0 Å². The highest BCUT2D eigenvalue weighted by Gasteiger charge is 2.23. The number of halogens is 1. The molecule has 3 rings (SSSR count). The molecule has 1 aromatic heterocycles. The highest BCUT2D eigenvalue weighted by atomic mass is 32.2. The van der Waals surface area contributed by atoms with Crippen LogP contribution in [0.1, 0.15) is 53.9 Å². The van der Waals surface area contributed by atoms with Gasteiger partial charge in [-0.1, -0.05) is 31.1 Å². The average Bonchev–Trinajstić information content (AvgIpc) is 3.26. The number of nitrogens with zero attached hydrogens (tertiary/aromatic N) is 2. The molecule has 1 aliphatic carbocycles. The number of aromatic nitrogens is 2. The zero-order chi connectivity index (χ0) is 18.7. The molecule has 0 radical (unpaired) electrons. The third-order valence-corrected chi connectivity index (χ3v) is 6.74. The van der Waals surface area contributed by atoms with Crippen molar-refractivity contribution in [1.29, 1.82) is 0 Å². The lowest BCUT2D eigenvalue weighted by Crippen LogP contribution is -2.24. The van der Waals surface area contributed by atoms with E-state index < -0.39 is 21.7 Å². The fourth-order valence-electron chi connectivity index (χ4n) is 2.91. The van der Waals surface area contributed by atoms with Crippen molar-refractivity contribution in [3.05, 3.63) is 34.6 Å². The van der Waals surface area contributed by atoms with Crippen molar-refractivity contribution in [2.45, 2.75) is 43.4 Å². The summed E-state index contributed by atoms with van der Waals surface area (Å²) in [5.74, 6) is -1.20. The predicted octanol–water partition coefficient (Wildman–Crippen LogP) is 2.89. The molecule has 1 aliphatic rings. The lowest BCUT2D eigenvalue weighted by atomic mass is 10.1. The predicted molar refractivity (Wildman–Crippen MR) is 96.3 cm³/mol. The second-order valence-corrected chi connectivity index (χ2v) is 8.80. The van der Waals surface area contributed by atoms with Crippen LogP contribution in [0.25, 0.3) is 0 Å². The standard InChI is InChI=1S/C16H19FN4O3S2/c1-2-18-26(23,24)11-7-8-13(17)12(9-11)14(22)19-16-21-20-15(25-16)10-5-3-4-6-10/h7-10,18H,2-6H2,1H3,(H,19,21,22). The maximum absolute atomic E-state index is 14.0. The molecule has 0 atom stereocenters. The Morgan fingerprint density at radius 1 is 1.31 bits per heavy atom. The van der Waals surface area contributed by atoms with E-state index in [0.717, 1.165) is 48.9 Å². The number of hydrogen-bond acceptors (Lipinski definition) is 6. The van der Waals surface area contributed by atoms with E-state index in [1.165, 1.54) is 11.3 Å². The molecule has 140 valence electrons. The molecule has 7 nitrogen and oxygen atoms in total. The Kier molecular flexibility index (Phi) is 5.64. The molecule has 1 heterocycles. The Morgan fingerprint density at radius 3 is 2.73 bits per heavy atom. The molecule has 0 unspecified atom stereocenters. The average molecular weight is 398 g/mol. The van der Waals surface area contributed by atoms with Gasteiger partial charge in [-0.3, -0.25) is 10.1 Å². The summed E-state index contributed by atoms with van der Waals surface area (Å²) in [6.07, 6.45) is 4.43. The third-order valence-electron chi connectivity index (χ3n) is 4.19. The molecular formula is C16H19FN4O3S2. The first-order chi connectivity index (χ1) is 12.4. The van der Waals surface area contributed by atoms with Crippen molar-refractivity contribution in [2.24, 2.45) is 0 Å². The molecule has 10 heteroatoms. The SMILES string of the molecule is CCNS(=O)(=O)c1ccc(F)c(C(=O)Nc2nnc(C3CCCC3)s2)c1. The summed E-state index contributed by atoms with van der Waals surface area (Å²) in [6.45, 7) is 1.82. The van der Waals surface area contributed by atoms with Crippen molar-refractivity contribution in [1.82, 2.24) is 14.9 Å². The number of sulfonamides is 1. The molecule has 2 N–H and O–H groups in total. The van der Waals surface area contributed by atoms with Crippen molar-refractivity contribution in [2.75, 3.05) is 11.9 Å². The van der Waals surface area contributed by atoms with Gasteiger partial charge in [-0.2, -0.15) is 0 Å². The number of anilines is 1. The number of nitrogens with one attached hydrogen (secondary N) is 2. The Labute approximate surface area is 155 Å². The second kappa shape index (κ2) is 7.77. The molecule has 0 spiro atoms. The Hall–Kier alpha value is -1.91. The fraction of sp³-hybridized carbons (Fsp3) is 0.438. The van der Waals surface area contributed by atoms with E-state index in [4.69, 9.17) is 0 Å². The maximum atomic E-state index is 14.0. The van der Waals surface area contributed by atoms with Crippen molar-refractivity contribution >= 4 is 32.4 Å². The zero-order valence-electron chi connectivity index (χ0n) is 14.2. The molecule has 1 amide bonds. The van der Waals surface area contributed by atoms with Crippen molar-refractivity contribution in [3.63, 3.8) is 0 Å².